The number of rotatable bonds is 7. The number of guanidine groups is 1. The van der Waals surface area contributed by atoms with Crippen molar-refractivity contribution in [2.45, 2.75) is 32.6 Å². The molecule has 2 rings (SSSR count). The zero-order valence-electron chi connectivity index (χ0n) is 14.4. The number of nitrogens with one attached hydrogen (secondary N) is 2. The second-order valence-corrected chi connectivity index (χ2v) is 6.46. The van der Waals surface area contributed by atoms with Gasteiger partial charge < -0.3 is 15.4 Å². The first-order valence-corrected chi connectivity index (χ1v) is 8.74. The van der Waals surface area contributed by atoms with E-state index in [1.165, 1.54) is 17.1 Å². The Morgan fingerprint density at radius 1 is 1.27 bits per heavy atom. The van der Waals surface area contributed by atoms with Gasteiger partial charge in [0.1, 0.15) is 5.01 Å². The van der Waals surface area contributed by atoms with Crippen LogP contribution in [-0.4, -0.2) is 35.8 Å². The Bertz CT molecular complexity index is 733. The van der Waals surface area contributed by atoms with E-state index in [1.807, 2.05) is 6.20 Å². The molecular formula is C16H20F3N5OS. The molecule has 0 aliphatic rings. The molecule has 2 aromatic heterocycles. The summed E-state index contributed by atoms with van der Waals surface area (Å²) in [5.74, 6) is 0.493. The lowest BCUT2D eigenvalue weighted by Gasteiger charge is -2.12. The summed E-state index contributed by atoms with van der Waals surface area (Å²) in [4.78, 5) is 13.4. The van der Waals surface area contributed by atoms with Gasteiger partial charge in [-0.2, -0.15) is 13.2 Å². The van der Waals surface area contributed by atoms with Crippen LogP contribution in [0.5, 0.6) is 5.88 Å². The van der Waals surface area contributed by atoms with E-state index in [-0.39, 0.29) is 5.88 Å². The molecule has 0 saturated carbocycles. The minimum absolute atomic E-state index is 0.0700. The van der Waals surface area contributed by atoms with Crippen LogP contribution in [0.1, 0.15) is 22.4 Å². The van der Waals surface area contributed by atoms with Crippen molar-refractivity contribution in [2.75, 3.05) is 13.7 Å². The van der Waals surface area contributed by atoms with Crippen LogP contribution < -0.4 is 15.4 Å². The minimum atomic E-state index is -4.39. The molecule has 2 heterocycles. The summed E-state index contributed by atoms with van der Waals surface area (Å²) in [5.41, 5.74) is 0.725. The monoisotopic (exact) mass is 387 g/mol. The summed E-state index contributed by atoms with van der Waals surface area (Å²) in [5, 5.41) is 7.19. The topological polar surface area (TPSA) is 71.4 Å². The molecule has 0 aliphatic carbocycles. The molecule has 0 unspecified atom stereocenters. The van der Waals surface area contributed by atoms with Gasteiger partial charge in [0.15, 0.2) is 12.6 Å². The second-order valence-electron chi connectivity index (χ2n) is 5.26. The maximum atomic E-state index is 12.2. The molecule has 0 aliphatic heterocycles. The smallest absolute Gasteiger partial charge is 0.422 e. The molecule has 0 spiro atoms. The normalized spacial score (nSPS) is 12.1. The molecular weight excluding hydrogens is 367 g/mol. The average molecular weight is 387 g/mol. The van der Waals surface area contributed by atoms with Gasteiger partial charge in [0, 0.05) is 36.9 Å². The third kappa shape index (κ3) is 6.87. The SMILES string of the molecule is CCc1cnc(CNC(=NC)NCc2ccnc(OCC(F)(F)F)c2)s1. The average Bonchev–Trinajstić information content (AvgIpc) is 3.08. The molecule has 0 saturated heterocycles. The van der Waals surface area contributed by atoms with Gasteiger partial charge in [0.05, 0.1) is 6.54 Å². The largest absolute Gasteiger partial charge is 0.468 e. The Morgan fingerprint density at radius 3 is 2.69 bits per heavy atom. The van der Waals surface area contributed by atoms with Crippen molar-refractivity contribution in [3.05, 3.63) is 40.0 Å². The van der Waals surface area contributed by atoms with E-state index in [0.29, 0.717) is 19.0 Å². The molecule has 0 radical (unpaired) electrons. The zero-order valence-corrected chi connectivity index (χ0v) is 15.2. The summed E-state index contributed by atoms with van der Waals surface area (Å²) < 4.78 is 41.2. The van der Waals surface area contributed by atoms with Crippen LogP contribution in [0.2, 0.25) is 0 Å². The van der Waals surface area contributed by atoms with Crippen LogP contribution >= 0.6 is 11.3 Å². The Kier molecular flexibility index (Phi) is 7.19. The molecule has 26 heavy (non-hydrogen) atoms. The summed E-state index contributed by atoms with van der Waals surface area (Å²) in [6, 6.07) is 3.15. The van der Waals surface area contributed by atoms with Crippen LogP contribution in [0.4, 0.5) is 13.2 Å². The van der Waals surface area contributed by atoms with Gasteiger partial charge in [-0.1, -0.05) is 6.92 Å². The van der Waals surface area contributed by atoms with Crippen molar-refractivity contribution in [3.63, 3.8) is 0 Å². The highest BCUT2D eigenvalue weighted by atomic mass is 32.1. The maximum absolute atomic E-state index is 12.2. The van der Waals surface area contributed by atoms with E-state index in [1.54, 1.807) is 24.5 Å². The zero-order chi connectivity index (χ0) is 19.0. The molecule has 0 amide bonds. The minimum Gasteiger partial charge on any atom is -0.468 e. The number of halogens is 3. The standard InChI is InChI=1S/C16H20F3N5OS/c1-3-12-8-22-14(26-12)9-24-15(20-2)23-7-11-4-5-21-13(6-11)25-10-16(17,18)19/h4-6,8H,3,7,9-10H2,1-2H3,(H2,20,23,24). The Hall–Kier alpha value is -2.36. The summed E-state index contributed by atoms with van der Waals surface area (Å²) >= 11 is 1.64. The third-order valence-electron chi connectivity index (χ3n) is 3.22. The van der Waals surface area contributed by atoms with Crippen molar-refractivity contribution in [3.8, 4) is 5.88 Å². The highest BCUT2D eigenvalue weighted by Gasteiger charge is 2.28. The number of hydrogen-bond acceptors (Lipinski definition) is 5. The summed E-state index contributed by atoms with van der Waals surface area (Å²) in [7, 11) is 1.64. The van der Waals surface area contributed by atoms with Crippen molar-refractivity contribution in [1.82, 2.24) is 20.6 Å². The number of thiazole rings is 1. The lowest BCUT2D eigenvalue weighted by molar-refractivity contribution is -0.154. The van der Waals surface area contributed by atoms with Crippen LogP contribution in [0.15, 0.2) is 29.5 Å². The number of nitrogens with zero attached hydrogens (tertiary/aromatic N) is 3. The summed E-state index contributed by atoms with van der Waals surface area (Å²) in [6.45, 7) is 1.61. The number of aryl methyl sites for hydroxylation is 1. The predicted octanol–water partition coefficient (Wildman–Crippen LogP) is 2.91. The van der Waals surface area contributed by atoms with Crippen molar-refractivity contribution < 1.29 is 17.9 Å². The van der Waals surface area contributed by atoms with Gasteiger partial charge in [-0.25, -0.2) is 9.97 Å². The first-order valence-electron chi connectivity index (χ1n) is 7.92. The highest BCUT2D eigenvalue weighted by Crippen LogP contribution is 2.17. The molecule has 10 heteroatoms. The van der Waals surface area contributed by atoms with Crippen molar-refractivity contribution in [1.29, 1.82) is 0 Å². The molecule has 0 bridgehead atoms. The number of hydrogen-bond donors (Lipinski definition) is 2. The highest BCUT2D eigenvalue weighted by molar-refractivity contribution is 7.11. The number of alkyl halides is 3. The second kappa shape index (κ2) is 9.37. The fourth-order valence-electron chi connectivity index (χ4n) is 1.95. The van der Waals surface area contributed by atoms with Gasteiger partial charge in [0.2, 0.25) is 5.88 Å². The van der Waals surface area contributed by atoms with Gasteiger partial charge in [0.25, 0.3) is 0 Å². The van der Waals surface area contributed by atoms with Gasteiger partial charge in [-0.3, -0.25) is 4.99 Å². The van der Waals surface area contributed by atoms with E-state index in [2.05, 4.69) is 37.3 Å². The first kappa shape index (κ1) is 20.0. The number of ether oxygens (including phenoxy) is 1. The van der Waals surface area contributed by atoms with E-state index in [4.69, 9.17) is 0 Å². The van der Waals surface area contributed by atoms with Crippen LogP contribution in [-0.2, 0) is 19.5 Å². The maximum Gasteiger partial charge on any atom is 0.422 e. The van der Waals surface area contributed by atoms with E-state index in [9.17, 15) is 13.2 Å². The Labute approximate surface area is 153 Å². The third-order valence-corrected chi connectivity index (χ3v) is 4.37. The van der Waals surface area contributed by atoms with Gasteiger partial charge in [-0.05, 0) is 18.1 Å². The van der Waals surface area contributed by atoms with Crippen molar-refractivity contribution in [2.24, 2.45) is 4.99 Å². The van der Waals surface area contributed by atoms with Gasteiger partial charge in [-0.15, -0.1) is 11.3 Å². The number of aliphatic imine (C=N–C) groups is 1. The van der Waals surface area contributed by atoms with Crippen LogP contribution in [0, 0.1) is 0 Å². The molecule has 6 nitrogen and oxygen atoms in total. The lowest BCUT2D eigenvalue weighted by atomic mass is 10.2. The van der Waals surface area contributed by atoms with E-state index in [0.717, 1.165) is 17.0 Å². The molecule has 0 fully saturated rings. The predicted molar refractivity (Wildman–Crippen MR) is 94.3 cm³/mol. The van der Waals surface area contributed by atoms with Crippen LogP contribution in [0.3, 0.4) is 0 Å². The lowest BCUT2D eigenvalue weighted by Crippen LogP contribution is -2.36. The summed E-state index contributed by atoms with van der Waals surface area (Å²) in [6.07, 6.45) is -0.182. The Balaban J connectivity index is 1.84. The molecule has 0 aromatic carbocycles. The molecule has 142 valence electrons. The quantitative estimate of drug-likeness (QED) is 0.565. The molecule has 2 aromatic rings. The number of aromatic nitrogens is 2. The van der Waals surface area contributed by atoms with Crippen molar-refractivity contribution >= 4 is 17.3 Å². The number of pyridine rings is 1. The first-order chi connectivity index (χ1) is 12.4. The molecule has 2 N–H and O–H groups in total. The molecule has 0 atom stereocenters. The fraction of sp³-hybridized carbons (Fsp3) is 0.438. The van der Waals surface area contributed by atoms with Crippen LogP contribution in [0.25, 0.3) is 0 Å². The van der Waals surface area contributed by atoms with Gasteiger partial charge >= 0.3 is 6.18 Å². The van der Waals surface area contributed by atoms with E-state index < -0.39 is 12.8 Å². The fourth-order valence-corrected chi connectivity index (χ4v) is 2.76. The Morgan fingerprint density at radius 2 is 2.04 bits per heavy atom. The van der Waals surface area contributed by atoms with E-state index >= 15 is 0 Å².